The molecule has 0 bridgehead atoms. The van der Waals surface area contributed by atoms with Gasteiger partial charge in [0.2, 0.25) is 5.91 Å². The molecule has 1 aromatic heterocycles. The number of aryl methyl sites for hydroxylation is 1. The van der Waals surface area contributed by atoms with E-state index in [1.54, 1.807) is 13.1 Å². The van der Waals surface area contributed by atoms with Crippen molar-refractivity contribution in [1.82, 2.24) is 15.3 Å². The van der Waals surface area contributed by atoms with E-state index in [2.05, 4.69) is 57.7 Å². The molecule has 2 N–H and O–H groups in total. The number of fused-ring (bicyclic) bond motifs is 1. The van der Waals surface area contributed by atoms with Gasteiger partial charge in [0.25, 0.3) is 0 Å². The molecule has 7 nitrogen and oxygen atoms in total. The fourth-order valence-electron chi connectivity index (χ4n) is 4.17. The van der Waals surface area contributed by atoms with E-state index in [1.807, 2.05) is 54.7 Å². The molecule has 0 aliphatic rings. The van der Waals surface area contributed by atoms with Gasteiger partial charge < -0.3 is 14.6 Å². The summed E-state index contributed by atoms with van der Waals surface area (Å²) in [6.45, 7) is 4.81. The number of hydrazone groups is 1. The van der Waals surface area contributed by atoms with Gasteiger partial charge in [0, 0.05) is 29.2 Å². The molecule has 4 aromatic rings. The summed E-state index contributed by atoms with van der Waals surface area (Å²) in [5.41, 5.74) is 7.84. The number of aromatic nitrogens is 1. The lowest BCUT2D eigenvalue weighted by atomic mass is 10.0. The molecule has 184 valence electrons. The van der Waals surface area contributed by atoms with Crippen LogP contribution in [0.3, 0.4) is 0 Å². The van der Waals surface area contributed by atoms with Crippen molar-refractivity contribution in [1.29, 1.82) is 0 Å². The summed E-state index contributed by atoms with van der Waals surface area (Å²) in [6.07, 6.45) is 3.15. The zero-order valence-electron chi connectivity index (χ0n) is 20.5. The second kappa shape index (κ2) is 11.8. The van der Waals surface area contributed by atoms with Crippen LogP contribution >= 0.6 is 0 Å². The smallest absolute Gasteiger partial charge is 0.407 e. The fourth-order valence-corrected chi connectivity index (χ4v) is 4.17. The molecule has 1 heterocycles. The Hall–Kier alpha value is -4.39. The van der Waals surface area contributed by atoms with Crippen LogP contribution in [0.25, 0.3) is 10.9 Å². The Morgan fingerprint density at radius 3 is 2.58 bits per heavy atom. The lowest BCUT2D eigenvalue weighted by Crippen LogP contribution is -2.33. The SMILES string of the molecule is CCOC(=O)N[C@H](CC(=O)N/N=C\c1cn(Cc2cccc(C)c2)c2ccccc12)c1ccccc1. The Morgan fingerprint density at radius 2 is 1.81 bits per heavy atom. The number of amides is 2. The van der Waals surface area contributed by atoms with Gasteiger partial charge >= 0.3 is 6.09 Å². The highest BCUT2D eigenvalue weighted by molar-refractivity contribution is 5.99. The molecule has 0 saturated carbocycles. The van der Waals surface area contributed by atoms with Gasteiger partial charge in [-0.05, 0) is 31.0 Å². The Balaban J connectivity index is 1.46. The lowest BCUT2D eigenvalue weighted by Gasteiger charge is -2.18. The van der Waals surface area contributed by atoms with Crippen LogP contribution in [0.5, 0.6) is 0 Å². The maximum Gasteiger partial charge on any atom is 0.407 e. The molecular weight excluding hydrogens is 452 g/mol. The number of nitrogens with zero attached hydrogens (tertiary/aromatic N) is 2. The van der Waals surface area contributed by atoms with Gasteiger partial charge in [0.1, 0.15) is 0 Å². The first kappa shape index (κ1) is 24.7. The Labute approximate surface area is 210 Å². The number of para-hydroxylation sites is 1. The summed E-state index contributed by atoms with van der Waals surface area (Å²) in [5.74, 6) is -0.319. The Bertz CT molecular complexity index is 1360. The quantitative estimate of drug-likeness (QED) is 0.250. The van der Waals surface area contributed by atoms with E-state index < -0.39 is 12.1 Å². The Morgan fingerprint density at radius 1 is 1.03 bits per heavy atom. The second-order valence-corrected chi connectivity index (χ2v) is 8.54. The average Bonchev–Trinajstić information content (AvgIpc) is 3.21. The summed E-state index contributed by atoms with van der Waals surface area (Å²) < 4.78 is 7.18. The Kier molecular flexibility index (Phi) is 8.13. The van der Waals surface area contributed by atoms with Crippen molar-refractivity contribution in [2.75, 3.05) is 6.61 Å². The maximum atomic E-state index is 12.7. The average molecular weight is 483 g/mol. The van der Waals surface area contributed by atoms with Crippen LogP contribution in [0.1, 0.15) is 41.6 Å². The fraction of sp³-hybridized carbons (Fsp3) is 0.207. The van der Waals surface area contributed by atoms with Gasteiger partial charge in [-0.1, -0.05) is 78.4 Å². The zero-order chi connectivity index (χ0) is 25.3. The molecule has 0 spiro atoms. The van der Waals surface area contributed by atoms with Gasteiger partial charge in [-0.3, -0.25) is 4.79 Å². The van der Waals surface area contributed by atoms with Crippen molar-refractivity contribution < 1.29 is 14.3 Å². The number of nitrogens with one attached hydrogen (secondary N) is 2. The minimum absolute atomic E-state index is 0.0231. The molecular formula is C29H30N4O3. The number of carbonyl (C=O) groups excluding carboxylic acids is 2. The normalized spacial score (nSPS) is 11.9. The summed E-state index contributed by atoms with van der Waals surface area (Å²) >= 11 is 0. The van der Waals surface area contributed by atoms with E-state index in [0.717, 1.165) is 28.6 Å². The molecule has 2 amide bonds. The van der Waals surface area contributed by atoms with Crippen molar-refractivity contribution in [3.8, 4) is 0 Å². The van der Waals surface area contributed by atoms with Crippen molar-refractivity contribution in [2.24, 2.45) is 5.10 Å². The van der Waals surface area contributed by atoms with Crippen LogP contribution in [-0.4, -0.2) is 29.4 Å². The van der Waals surface area contributed by atoms with E-state index in [1.165, 1.54) is 11.1 Å². The van der Waals surface area contributed by atoms with E-state index >= 15 is 0 Å². The number of hydrogen-bond donors (Lipinski definition) is 2. The minimum atomic E-state index is -0.566. The summed E-state index contributed by atoms with van der Waals surface area (Å²) in [6, 6.07) is 25.3. The highest BCUT2D eigenvalue weighted by atomic mass is 16.5. The third-order valence-electron chi connectivity index (χ3n) is 5.81. The van der Waals surface area contributed by atoms with Crippen LogP contribution in [0.15, 0.2) is 90.2 Å². The first-order valence-corrected chi connectivity index (χ1v) is 12.0. The number of alkyl carbamates (subject to hydrolysis) is 1. The lowest BCUT2D eigenvalue weighted by molar-refractivity contribution is -0.121. The standard InChI is InChI=1S/C29H30N4O3/c1-3-36-29(35)31-26(23-12-5-4-6-13-23)17-28(34)32-30-18-24-20-33(27-15-8-7-14-25(24)27)19-22-11-9-10-21(2)16-22/h4-16,18,20,26H,3,17,19H2,1-2H3,(H,31,35)(H,32,34)/b30-18-/t26-/m1/s1. The highest BCUT2D eigenvalue weighted by Gasteiger charge is 2.19. The molecule has 3 aromatic carbocycles. The largest absolute Gasteiger partial charge is 0.450 e. The number of ether oxygens (including phenoxy) is 1. The van der Waals surface area contributed by atoms with E-state index in [-0.39, 0.29) is 18.9 Å². The second-order valence-electron chi connectivity index (χ2n) is 8.54. The monoisotopic (exact) mass is 482 g/mol. The molecule has 0 radical (unpaired) electrons. The maximum absolute atomic E-state index is 12.7. The molecule has 1 atom stereocenters. The number of rotatable bonds is 9. The molecule has 7 heteroatoms. The third kappa shape index (κ3) is 6.39. The summed E-state index contributed by atoms with van der Waals surface area (Å²) in [5, 5.41) is 8.01. The predicted molar refractivity (Wildman–Crippen MR) is 142 cm³/mol. The number of benzene rings is 3. The van der Waals surface area contributed by atoms with E-state index in [0.29, 0.717) is 0 Å². The highest BCUT2D eigenvalue weighted by Crippen LogP contribution is 2.22. The van der Waals surface area contributed by atoms with Gasteiger partial charge in [-0.25, -0.2) is 10.2 Å². The molecule has 0 unspecified atom stereocenters. The van der Waals surface area contributed by atoms with Crippen LogP contribution < -0.4 is 10.7 Å². The summed E-state index contributed by atoms with van der Waals surface area (Å²) in [4.78, 5) is 24.7. The summed E-state index contributed by atoms with van der Waals surface area (Å²) in [7, 11) is 0. The van der Waals surface area contributed by atoms with Gasteiger partial charge in [-0.15, -0.1) is 0 Å². The minimum Gasteiger partial charge on any atom is -0.450 e. The molecule has 0 aliphatic carbocycles. The number of carbonyl (C=O) groups is 2. The van der Waals surface area contributed by atoms with Crippen molar-refractivity contribution in [3.05, 3.63) is 107 Å². The topological polar surface area (TPSA) is 84.7 Å². The molecule has 0 saturated heterocycles. The van der Waals surface area contributed by atoms with Crippen molar-refractivity contribution in [3.63, 3.8) is 0 Å². The zero-order valence-corrected chi connectivity index (χ0v) is 20.5. The molecule has 0 aliphatic heterocycles. The molecule has 0 fully saturated rings. The third-order valence-corrected chi connectivity index (χ3v) is 5.81. The van der Waals surface area contributed by atoms with Crippen LogP contribution in [0.2, 0.25) is 0 Å². The van der Waals surface area contributed by atoms with Crippen molar-refractivity contribution >= 4 is 29.1 Å². The first-order chi connectivity index (χ1) is 17.5. The van der Waals surface area contributed by atoms with Crippen LogP contribution in [0.4, 0.5) is 4.79 Å². The van der Waals surface area contributed by atoms with Crippen LogP contribution in [-0.2, 0) is 16.1 Å². The number of hydrogen-bond acceptors (Lipinski definition) is 4. The molecule has 36 heavy (non-hydrogen) atoms. The first-order valence-electron chi connectivity index (χ1n) is 12.0. The van der Waals surface area contributed by atoms with Crippen molar-refractivity contribution in [2.45, 2.75) is 32.9 Å². The van der Waals surface area contributed by atoms with Crippen LogP contribution in [0, 0.1) is 6.92 Å². The van der Waals surface area contributed by atoms with Gasteiger partial charge in [-0.2, -0.15) is 5.10 Å². The predicted octanol–water partition coefficient (Wildman–Crippen LogP) is 5.33. The van der Waals surface area contributed by atoms with E-state index in [4.69, 9.17) is 4.74 Å². The van der Waals surface area contributed by atoms with E-state index in [9.17, 15) is 9.59 Å². The molecule has 4 rings (SSSR count). The van der Waals surface area contributed by atoms with Gasteiger partial charge in [0.15, 0.2) is 0 Å². The van der Waals surface area contributed by atoms with Gasteiger partial charge in [0.05, 0.1) is 25.3 Å².